The van der Waals surface area contributed by atoms with Crippen molar-refractivity contribution >= 4 is 15.9 Å². The first-order chi connectivity index (χ1) is 6.19. The van der Waals surface area contributed by atoms with Crippen LogP contribution in [-0.2, 0) is 6.42 Å². The lowest BCUT2D eigenvalue weighted by Gasteiger charge is -2.13. The van der Waals surface area contributed by atoms with Crippen LogP contribution in [-0.4, -0.2) is 11.7 Å². The molecule has 0 aliphatic carbocycles. The first-order valence-electron chi connectivity index (χ1n) is 4.33. The molecule has 3 heteroatoms. The Morgan fingerprint density at radius 3 is 2.77 bits per heavy atom. The monoisotopic (exact) mass is 243 g/mol. The second-order valence-corrected chi connectivity index (χ2v) is 3.90. The quantitative estimate of drug-likeness (QED) is 0.854. The predicted molar refractivity (Wildman–Crippen MR) is 57.5 cm³/mol. The van der Waals surface area contributed by atoms with Crippen molar-refractivity contribution < 1.29 is 5.11 Å². The molecule has 0 fully saturated rings. The van der Waals surface area contributed by atoms with Crippen LogP contribution in [0.1, 0.15) is 24.1 Å². The van der Waals surface area contributed by atoms with Crippen molar-refractivity contribution in [1.82, 2.24) is 0 Å². The van der Waals surface area contributed by atoms with Crippen LogP contribution in [0.3, 0.4) is 0 Å². The number of aliphatic hydroxyl groups excluding tert-OH is 1. The lowest BCUT2D eigenvalue weighted by molar-refractivity contribution is 0.267. The van der Waals surface area contributed by atoms with Gasteiger partial charge >= 0.3 is 0 Å². The fraction of sp³-hybridized carbons (Fsp3) is 0.400. The molecule has 0 aromatic heterocycles. The van der Waals surface area contributed by atoms with Crippen molar-refractivity contribution in [3.05, 3.63) is 33.8 Å². The van der Waals surface area contributed by atoms with E-state index in [0.29, 0.717) is 0 Å². The normalized spacial score (nSPS) is 12.9. The van der Waals surface area contributed by atoms with Crippen molar-refractivity contribution in [3.63, 3.8) is 0 Å². The maximum Gasteiger partial charge on any atom is 0.0624 e. The maximum atomic E-state index is 8.96. The minimum absolute atomic E-state index is 0.0105. The number of aliphatic hydroxyl groups is 1. The molecule has 0 heterocycles. The van der Waals surface area contributed by atoms with E-state index in [9.17, 15) is 0 Å². The van der Waals surface area contributed by atoms with Crippen LogP contribution in [0.5, 0.6) is 0 Å². The summed E-state index contributed by atoms with van der Waals surface area (Å²) in [6.07, 6.45) is 0.941. The summed E-state index contributed by atoms with van der Waals surface area (Å²) in [5.41, 5.74) is 7.99. The highest BCUT2D eigenvalue weighted by Gasteiger charge is 2.08. The molecule has 0 amide bonds. The maximum absolute atomic E-state index is 8.96. The van der Waals surface area contributed by atoms with Gasteiger partial charge in [-0.2, -0.15) is 0 Å². The van der Waals surface area contributed by atoms with E-state index in [1.807, 2.05) is 18.2 Å². The Hall–Kier alpha value is -0.380. The number of rotatable bonds is 3. The lowest BCUT2D eigenvalue weighted by Crippen LogP contribution is -2.16. The molecule has 0 saturated heterocycles. The Labute approximate surface area is 86.9 Å². The SMILES string of the molecule is CCc1ccc(Br)cc1C(N)CO. The molecule has 1 aromatic carbocycles. The molecule has 0 radical (unpaired) electrons. The number of hydrogen-bond acceptors (Lipinski definition) is 2. The summed E-state index contributed by atoms with van der Waals surface area (Å²) in [5.74, 6) is 0. The summed E-state index contributed by atoms with van der Waals surface area (Å²) in [7, 11) is 0. The van der Waals surface area contributed by atoms with Gasteiger partial charge in [-0.3, -0.25) is 0 Å². The average Bonchev–Trinajstić information content (AvgIpc) is 2.16. The van der Waals surface area contributed by atoms with Crippen molar-refractivity contribution in [3.8, 4) is 0 Å². The topological polar surface area (TPSA) is 46.2 Å². The smallest absolute Gasteiger partial charge is 0.0624 e. The average molecular weight is 244 g/mol. The molecule has 0 spiro atoms. The largest absolute Gasteiger partial charge is 0.394 e. The zero-order chi connectivity index (χ0) is 9.84. The second kappa shape index (κ2) is 4.74. The molecular weight excluding hydrogens is 230 g/mol. The summed E-state index contributed by atoms with van der Waals surface area (Å²) < 4.78 is 1.00. The lowest BCUT2D eigenvalue weighted by atomic mass is 10.00. The van der Waals surface area contributed by atoms with Crippen LogP contribution in [0.15, 0.2) is 22.7 Å². The van der Waals surface area contributed by atoms with Gasteiger partial charge in [0.05, 0.1) is 12.6 Å². The molecule has 3 N–H and O–H groups in total. The molecule has 13 heavy (non-hydrogen) atoms. The molecule has 1 atom stereocenters. The zero-order valence-electron chi connectivity index (χ0n) is 7.63. The molecule has 1 rings (SSSR count). The Morgan fingerprint density at radius 1 is 1.54 bits per heavy atom. The standard InChI is InChI=1S/C10H14BrNO/c1-2-7-3-4-8(11)5-9(7)10(12)6-13/h3-5,10,13H,2,6,12H2,1H3. The van der Waals surface area contributed by atoms with E-state index < -0.39 is 0 Å². The van der Waals surface area contributed by atoms with Gasteiger partial charge in [0.1, 0.15) is 0 Å². The first-order valence-corrected chi connectivity index (χ1v) is 5.13. The van der Waals surface area contributed by atoms with E-state index in [4.69, 9.17) is 10.8 Å². The van der Waals surface area contributed by atoms with Crippen LogP contribution < -0.4 is 5.73 Å². The van der Waals surface area contributed by atoms with Crippen molar-refractivity contribution in [2.24, 2.45) is 5.73 Å². The van der Waals surface area contributed by atoms with E-state index >= 15 is 0 Å². The van der Waals surface area contributed by atoms with E-state index in [1.165, 1.54) is 5.56 Å². The summed E-state index contributed by atoms with van der Waals surface area (Å²) in [5, 5.41) is 8.96. The van der Waals surface area contributed by atoms with E-state index in [1.54, 1.807) is 0 Å². The fourth-order valence-corrected chi connectivity index (χ4v) is 1.71. The summed E-state index contributed by atoms with van der Waals surface area (Å²) in [6, 6.07) is 5.73. The molecule has 1 unspecified atom stereocenters. The van der Waals surface area contributed by atoms with Gasteiger partial charge in [-0.25, -0.2) is 0 Å². The molecule has 2 nitrogen and oxygen atoms in total. The van der Waals surface area contributed by atoms with Crippen LogP contribution in [0.2, 0.25) is 0 Å². The number of halogens is 1. The van der Waals surface area contributed by atoms with Gasteiger partial charge in [-0.05, 0) is 29.7 Å². The minimum atomic E-state index is -0.271. The minimum Gasteiger partial charge on any atom is -0.394 e. The Balaban J connectivity index is 3.07. The summed E-state index contributed by atoms with van der Waals surface area (Å²) in [6.45, 7) is 2.07. The van der Waals surface area contributed by atoms with Gasteiger partial charge < -0.3 is 10.8 Å². The Morgan fingerprint density at radius 2 is 2.23 bits per heavy atom. The van der Waals surface area contributed by atoms with Gasteiger partial charge in [0.15, 0.2) is 0 Å². The van der Waals surface area contributed by atoms with E-state index in [-0.39, 0.29) is 12.6 Å². The highest BCUT2D eigenvalue weighted by atomic mass is 79.9. The number of nitrogens with two attached hydrogens (primary N) is 1. The van der Waals surface area contributed by atoms with Gasteiger partial charge in [0.25, 0.3) is 0 Å². The Kier molecular flexibility index (Phi) is 3.90. The molecule has 0 bridgehead atoms. The van der Waals surface area contributed by atoms with Crippen molar-refractivity contribution in [2.45, 2.75) is 19.4 Å². The predicted octanol–water partition coefficient (Wildman–Crippen LogP) is 2.00. The molecule has 72 valence electrons. The second-order valence-electron chi connectivity index (χ2n) is 2.99. The van der Waals surface area contributed by atoms with Crippen LogP contribution in [0, 0.1) is 0 Å². The third kappa shape index (κ3) is 2.53. The van der Waals surface area contributed by atoms with Crippen molar-refractivity contribution in [2.75, 3.05) is 6.61 Å². The van der Waals surface area contributed by atoms with Crippen LogP contribution in [0.25, 0.3) is 0 Å². The summed E-state index contributed by atoms with van der Waals surface area (Å²) in [4.78, 5) is 0. The first kappa shape index (κ1) is 10.7. The zero-order valence-corrected chi connectivity index (χ0v) is 9.21. The number of aryl methyl sites for hydroxylation is 1. The highest BCUT2D eigenvalue weighted by molar-refractivity contribution is 9.10. The Bertz CT molecular complexity index is 288. The number of hydrogen-bond donors (Lipinski definition) is 2. The van der Waals surface area contributed by atoms with Gasteiger partial charge in [0, 0.05) is 4.47 Å². The molecule has 0 saturated carbocycles. The van der Waals surface area contributed by atoms with Crippen LogP contribution >= 0.6 is 15.9 Å². The van der Waals surface area contributed by atoms with Gasteiger partial charge in [-0.1, -0.05) is 28.9 Å². The third-order valence-corrected chi connectivity index (χ3v) is 2.58. The van der Waals surface area contributed by atoms with E-state index in [2.05, 4.69) is 22.9 Å². The van der Waals surface area contributed by atoms with Gasteiger partial charge in [0.2, 0.25) is 0 Å². The summed E-state index contributed by atoms with van der Waals surface area (Å²) >= 11 is 3.39. The molecule has 0 aliphatic heterocycles. The highest BCUT2D eigenvalue weighted by Crippen LogP contribution is 2.21. The molecular formula is C10H14BrNO. The van der Waals surface area contributed by atoms with Gasteiger partial charge in [-0.15, -0.1) is 0 Å². The third-order valence-electron chi connectivity index (χ3n) is 2.08. The number of benzene rings is 1. The van der Waals surface area contributed by atoms with Crippen LogP contribution in [0.4, 0.5) is 0 Å². The molecule has 0 aliphatic rings. The molecule has 1 aromatic rings. The van der Waals surface area contributed by atoms with Crippen molar-refractivity contribution in [1.29, 1.82) is 0 Å². The fourth-order valence-electron chi connectivity index (χ4n) is 1.33. The van der Waals surface area contributed by atoms with E-state index in [0.717, 1.165) is 16.5 Å².